The quantitative estimate of drug-likeness (QED) is 0.556. The van der Waals surface area contributed by atoms with Crippen LogP contribution >= 0.6 is 11.8 Å². The highest BCUT2D eigenvalue weighted by Gasteiger charge is 2.17. The van der Waals surface area contributed by atoms with Gasteiger partial charge >= 0.3 is 0 Å². The average Bonchev–Trinajstić information content (AvgIpc) is 2.98. The molecule has 0 aromatic heterocycles. The van der Waals surface area contributed by atoms with E-state index in [1.165, 1.54) is 36.0 Å². The van der Waals surface area contributed by atoms with Gasteiger partial charge in [-0.15, -0.1) is 11.8 Å². The molecule has 5 nitrogen and oxygen atoms in total. The highest BCUT2D eigenvalue weighted by atomic mass is 32.2. The largest absolute Gasteiger partial charge is 0.497 e. The Balaban J connectivity index is 1.51. The smallest absolute Gasteiger partial charge is 0.234 e. The number of fused-ring (bicyclic) bond motifs is 1. The van der Waals surface area contributed by atoms with E-state index in [9.17, 15) is 9.18 Å². The molecule has 0 spiro atoms. The Hall–Kier alpha value is -3.45. The van der Waals surface area contributed by atoms with Crippen LogP contribution in [-0.4, -0.2) is 29.5 Å². The average molecular weight is 434 g/mol. The summed E-state index contributed by atoms with van der Waals surface area (Å²) in [5, 5.41) is 3.57. The second kappa shape index (κ2) is 9.57. The van der Waals surface area contributed by atoms with E-state index >= 15 is 0 Å². The van der Waals surface area contributed by atoms with E-state index in [-0.39, 0.29) is 17.5 Å². The third-order valence-corrected chi connectivity index (χ3v) is 5.60. The molecule has 0 aliphatic carbocycles. The van der Waals surface area contributed by atoms with Gasteiger partial charge in [-0.2, -0.15) is 0 Å². The van der Waals surface area contributed by atoms with Crippen LogP contribution in [0, 0.1) is 5.82 Å². The number of nitrogens with one attached hydrogen (secondary N) is 1. The van der Waals surface area contributed by atoms with Gasteiger partial charge < -0.3 is 10.1 Å². The predicted octanol–water partition coefficient (Wildman–Crippen LogP) is 5.76. The summed E-state index contributed by atoms with van der Waals surface area (Å²) in [5.74, 6) is 0.442. The number of nitrogens with zero attached hydrogens (tertiary/aromatic N) is 2. The van der Waals surface area contributed by atoms with Crippen LogP contribution in [0.5, 0.6) is 5.75 Å². The van der Waals surface area contributed by atoms with Crippen molar-refractivity contribution in [3.63, 3.8) is 0 Å². The first-order valence-electron chi connectivity index (χ1n) is 9.67. The fraction of sp³-hybridized carbons (Fsp3) is 0.125. The van der Waals surface area contributed by atoms with Crippen LogP contribution in [0.15, 0.2) is 82.8 Å². The molecular formula is C24H20FN3O2S. The Kier molecular flexibility index (Phi) is 6.43. The number of benzene rings is 3. The van der Waals surface area contributed by atoms with Gasteiger partial charge in [0.05, 0.1) is 35.0 Å². The number of hydrogen-bond acceptors (Lipinski definition) is 5. The molecule has 1 aliphatic rings. The molecule has 1 amide bonds. The number of carbonyl (C=O) groups excluding carboxylic acids is 1. The Morgan fingerprint density at radius 3 is 2.35 bits per heavy atom. The fourth-order valence-corrected chi connectivity index (χ4v) is 3.84. The van der Waals surface area contributed by atoms with E-state index in [1.807, 2.05) is 48.5 Å². The van der Waals surface area contributed by atoms with Gasteiger partial charge in [0.25, 0.3) is 0 Å². The zero-order valence-corrected chi connectivity index (χ0v) is 17.7. The van der Waals surface area contributed by atoms with E-state index in [4.69, 9.17) is 14.7 Å². The number of halogens is 1. The first-order chi connectivity index (χ1) is 15.1. The van der Waals surface area contributed by atoms with Gasteiger partial charge in [0.15, 0.2) is 0 Å². The minimum atomic E-state index is -0.343. The maximum Gasteiger partial charge on any atom is 0.234 e. The Morgan fingerprint density at radius 2 is 1.68 bits per heavy atom. The minimum absolute atomic E-state index is 0.181. The molecule has 0 bridgehead atoms. The highest BCUT2D eigenvalue weighted by molar-refractivity contribution is 8.14. The van der Waals surface area contributed by atoms with Crippen LogP contribution in [-0.2, 0) is 4.79 Å². The molecule has 156 valence electrons. The first kappa shape index (κ1) is 20.8. The summed E-state index contributed by atoms with van der Waals surface area (Å²) in [6.07, 6.45) is 0.509. The van der Waals surface area contributed by atoms with Gasteiger partial charge in [0.1, 0.15) is 11.6 Å². The van der Waals surface area contributed by atoms with Crippen LogP contribution in [0.25, 0.3) is 0 Å². The van der Waals surface area contributed by atoms with Crippen LogP contribution in [0.4, 0.5) is 21.5 Å². The number of anilines is 1. The molecule has 1 aliphatic heterocycles. The molecule has 7 heteroatoms. The molecule has 0 fully saturated rings. The summed E-state index contributed by atoms with van der Waals surface area (Å²) in [6.45, 7) is 0. The number of amides is 1. The van der Waals surface area contributed by atoms with Gasteiger partial charge in [-0.25, -0.2) is 9.38 Å². The molecule has 31 heavy (non-hydrogen) atoms. The van der Waals surface area contributed by atoms with E-state index < -0.39 is 0 Å². The van der Waals surface area contributed by atoms with Crippen molar-refractivity contribution in [2.45, 2.75) is 6.42 Å². The van der Waals surface area contributed by atoms with Crippen molar-refractivity contribution in [1.82, 2.24) is 0 Å². The van der Waals surface area contributed by atoms with Gasteiger partial charge in [-0.05, 0) is 66.2 Å². The summed E-state index contributed by atoms with van der Waals surface area (Å²) in [5.41, 5.74) is 3.96. The number of hydrogen-bond donors (Lipinski definition) is 1. The summed E-state index contributed by atoms with van der Waals surface area (Å²) in [7, 11) is 1.63. The van der Waals surface area contributed by atoms with Gasteiger partial charge in [-0.1, -0.05) is 12.1 Å². The third-order valence-electron chi connectivity index (χ3n) is 4.62. The number of para-hydroxylation sites is 2. The molecule has 4 rings (SSSR count). The summed E-state index contributed by atoms with van der Waals surface area (Å²) >= 11 is 1.37. The normalized spacial score (nSPS) is 12.8. The van der Waals surface area contributed by atoms with Crippen molar-refractivity contribution in [2.75, 3.05) is 18.2 Å². The lowest BCUT2D eigenvalue weighted by Gasteiger charge is -2.09. The monoisotopic (exact) mass is 433 g/mol. The zero-order chi connectivity index (χ0) is 21.6. The molecule has 1 heterocycles. The lowest BCUT2D eigenvalue weighted by molar-refractivity contribution is -0.113. The number of ether oxygens (including phenoxy) is 1. The van der Waals surface area contributed by atoms with Crippen LogP contribution in [0.3, 0.4) is 0 Å². The van der Waals surface area contributed by atoms with Gasteiger partial charge in [-0.3, -0.25) is 9.79 Å². The van der Waals surface area contributed by atoms with E-state index in [1.54, 1.807) is 7.11 Å². The van der Waals surface area contributed by atoms with Crippen molar-refractivity contribution in [2.24, 2.45) is 9.98 Å². The van der Waals surface area contributed by atoms with Crippen molar-refractivity contribution >= 4 is 45.5 Å². The molecule has 0 saturated heterocycles. The zero-order valence-electron chi connectivity index (χ0n) is 16.8. The van der Waals surface area contributed by atoms with Crippen LogP contribution < -0.4 is 10.1 Å². The van der Waals surface area contributed by atoms with Crippen LogP contribution in [0.1, 0.15) is 12.0 Å². The van der Waals surface area contributed by atoms with Crippen LogP contribution in [0.2, 0.25) is 0 Å². The molecular weight excluding hydrogens is 413 g/mol. The molecule has 0 radical (unpaired) electrons. The number of methoxy groups -OCH3 is 1. The second-order valence-corrected chi connectivity index (χ2v) is 7.85. The highest BCUT2D eigenvalue weighted by Crippen LogP contribution is 2.33. The number of thioether (sulfide) groups is 1. The van der Waals surface area contributed by atoms with Crippen molar-refractivity contribution in [3.8, 4) is 5.75 Å². The van der Waals surface area contributed by atoms with E-state index in [2.05, 4.69) is 5.32 Å². The Labute approximate surface area is 184 Å². The lowest BCUT2D eigenvalue weighted by atomic mass is 10.1. The standard InChI is InChI=1S/C24H20FN3O2S/c1-30-19-12-6-16(7-13-19)22-14-24(28-21-5-3-2-4-20(21)27-22)31-15-23(29)26-18-10-8-17(25)9-11-18/h2-13H,14-15H2,1H3,(H,26,29). The van der Waals surface area contributed by atoms with Gasteiger partial charge in [0, 0.05) is 12.1 Å². The SMILES string of the molecule is COc1ccc(C2=Nc3ccccc3N=C(SCC(=O)Nc3ccc(F)cc3)C2)cc1. The van der Waals surface area contributed by atoms with Crippen molar-refractivity contribution in [1.29, 1.82) is 0 Å². The fourth-order valence-electron chi connectivity index (χ4n) is 3.07. The van der Waals surface area contributed by atoms with Crippen molar-refractivity contribution < 1.29 is 13.9 Å². The minimum Gasteiger partial charge on any atom is -0.497 e. The molecule has 0 unspecified atom stereocenters. The maximum absolute atomic E-state index is 13.0. The summed E-state index contributed by atoms with van der Waals surface area (Å²) in [6, 6.07) is 21.1. The molecule has 0 saturated carbocycles. The maximum atomic E-state index is 13.0. The predicted molar refractivity (Wildman–Crippen MR) is 125 cm³/mol. The molecule has 1 N–H and O–H groups in total. The number of carbonyl (C=O) groups is 1. The summed E-state index contributed by atoms with van der Waals surface area (Å²) in [4.78, 5) is 21.9. The second-order valence-electron chi connectivity index (χ2n) is 6.80. The molecule has 3 aromatic rings. The third kappa shape index (κ3) is 5.38. The van der Waals surface area contributed by atoms with E-state index in [0.29, 0.717) is 12.1 Å². The van der Waals surface area contributed by atoms with E-state index in [0.717, 1.165) is 33.4 Å². The number of rotatable bonds is 5. The Morgan fingerprint density at radius 1 is 1.00 bits per heavy atom. The summed E-state index contributed by atoms with van der Waals surface area (Å²) < 4.78 is 18.3. The first-order valence-corrected chi connectivity index (χ1v) is 10.7. The topological polar surface area (TPSA) is 63.1 Å². The number of aliphatic imine (C=N–C) groups is 2. The Bertz CT molecular complexity index is 1140. The van der Waals surface area contributed by atoms with Gasteiger partial charge in [0.2, 0.25) is 5.91 Å². The lowest BCUT2D eigenvalue weighted by Crippen LogP contribution is -2.16. The van der Waals surface area contributed by atoms with Crippen molar-refractivity contribution in [3.05, 3.63) is 84.2 Å². The molecule has 0 atom stereocenters. The molecule has 3 aromatic carbocycles.